The van der Waals surface area contributed by atoms with Crippen LogP contribution in [0.5, 0.6) is 0 Å². The van der Waals surface area contributed by atoms with E-state index in [1.807, 2.05) is 11.6 Å². The molecule has 0 bridgehead atoms. The van der Waals surface area contributed by atoms with E-state index in [2.05, 4.69) is 15.6 Å². The first kappa shape index (κ1) is 24.4. The number of hydrogen-bond acceptors (Lipinski definition) is 5. The van der Waals surface area contributed by atoms with Crippen molar-refractivity contribution in [3.8, 4) is 0 Å². The van der Waals surface area contributed by atoms with Crippen molar-refractivity contribution in [1.29, 1.82) is 0 Å². The van der Waals surface area contributed by atoms with Crippen molar-refractivity contribution >= 4 is 44.2 Å². The second-order valence-electron chi connectivity index (χ2n) is 7.63. The van der Waals surface area contributed by atoms with E-state index in [-0.39, 0.29) is 23.1 Å². The summed E-state index contributed by atoms with van der Waals surface area (Å²) in [6.45, 7) is 5.84. The van der Waals surface area contributed by atoms with E-state index < -0.39 is 10.0 Å². The van der Waals surface area contributed by atoms with E-state index in [9.17, 15) is 18.0 Å². The van der Waals surface area contributed by atoms with Crippen LogP contribution in [0.2, 0.25) is 0 Å². The van der Waals surface area contributed by atoms with Crippen molar-refractivity contribution in [2.24, 2.45) is 7.05 Å². The standard InChI is InChI=1S/C23H29N5O4S/c1-5-28(6-2)33(31,32)19-11-12-21-20(15-19)26-22(27(21)4)13-14-23(30)25-18-9-7-17(8-10-18)24-16(3)29/h7-12,15H,5-6,13-14H2,1-4H3,(H,24,29)(H,25,30). The van der Waals surface area contributed by atoms with Crippen LogP contribution in [0.3, 0.4) is 0 Å². The van der Waals surface area contributed by atoms with E-state index in [1.54, 1.807) is 56.3 Å². The minimum Gasteiger partial charge on any atom is -0.331 e. The Bertz CT molecular complexity index is 1260. The van der Waals surface area contributed by atoms with E-state index in [0.717, 1.165) is 5.52 Å². The quantitative estimate of drug-likeness (QED) is 0.498. The second kappa shape index (κ2) is 10.1. The smallest absolute Gasteiger partial charge is 0.243 e. The molecule has 1 aromatic heterocycles. The number of fused-ring (bicyclic) bond motifs is 1. The Morgan fingerprint density at radius 1 is 1.00 bits per heavy atom. The Morgan fingerprint density at radius 3 is 2.18 bits per heavy atom. The fraction of sp³-hybridized carbons (Fsp3) is 0.348. The molecule has 2 N–H and O–H groups in total. The first-order valence-corrected chi connectivity index (χ1v) is 12.2. The van der Waals surface area contributed by atoms with Crippen LogP contribution in [0.15, 0.2) is 47.4 Å². The third kappa shape index (κ3) is 5.58. The van der Waals surface area contributed by atoms with Crippen LogP contribution in [0.1, 0.15) is 33.0 Å². The average molecular weight is 472 g/mol. The molecule has 0 saturated carbocycles. The summed E-state index contributed by atoms with van der Waals surface area (Å²) >= 11 is 0. The molecule has 176 valence electrons. The molecule has 0 fully saturated rings. The van der Waals surface area contributed by atoms with Gasteiger partial charge in [0.05, 0.1) is 15.9 Å². The summed E-state index contributed by atoms with van der Waals surface area (Å²) in [5.41, 5.74) is 2.67. The van der Waals surface area contributed by atoms with E-state index in [1.165, 1.54) is 11.2 Å². The maximum Gasteiger partial charge on any atom is 0.243 e. The highest BCUT2D eigenvalue weighted by Crippen LogP contribution is 2.23. The number of nitrogens with one attached hydrogen (secondary N) is 2. The summed E-state index contributed by atoms with van der Waals surface area (Å²) in [6.07, 6.45) is 0.619. The van der Waals surface area contributed by atoms with Crippen LogP contribution in [-0.2, 0) is 33.1 Å². The molecule has 0 unspecified atom stereocenters. The van der Waals surface area contributed by atoms with E-state index in [0.29, 0.717) is 42.2 Å². The summed E-state index contributed by atoms with van der Waals surface area (Å²) in [5.74, 6) is 0.365. The van der Waals surface area contributed by atoms with Crippen molar-refractivity contribution in [2.45, 2.75) is 38.5 Å². The Kier molecular flexibility index (Phi) is 7.50. The number of amides is 2. The summed E-state index contributed by atoms with van der Waals surface area (Å²) in [5, 5.41) is 5.50. The summed E-state index contributed by atoms with van der Waals surface area (Å²) < 4.78 is 28.9. The lowest BCUT2D eigenvalue weighted by molar-refractivity contribution is -0.116. The van der Waals surface area contributed by atoms with Gasteiger partial charge in [-0.25, -0.2) is 13.4 Å². The van der Waals surface area contributed by atoms with Crippen molar-refractivity contribution < 1.29 is 18.0 Å². The molecule has 1 heterocycles. The number of hydrogen-bond donors (Lipinski definition) is 2. The van der Waals surface area contributed by atoms with E-state index in [4.69, 9.17) is 0 Å². The molecule has 9 nitrogen and oxygen atoms in total. The van der Waals surface area contributed by atoms with Gasteiger partial charge in [-0.3, -0.25) is 9.59 Å². The lowest BCUT2D eigenvalue weighted by Gasteiger charge is -2.18. The number of nitrogens with zero attached hydrogens (tertiary/aromatic N) is 3. The predicted molar refractivity (Wildman–Crippen MR) is 129 cm³/mol. The molecule has 0 saturated heterocycles. The number of carbonyl (C=O) groups is 2. The number of benzene rings is 2. The first-order valence-electron chi connectivity index (χ1n) is 10.8. The zero-order chi connectivity index (χ0) is 24.2. The predicted octanol–water partition coefficient (Wildman–Crippen LogP) is 3.13. The lowest BCUT2D eigenvalue weighted by atomic mass is 10.2. The van der Waals surface area contributed by atoms with Gasteiger partial charge in [0.2, 0.25) is 21.8 Å². The van der Waals surface area contributed by atoms with Gasteiger partial charge in [-0.2, -0.15) is 4.31 Å². The number of imidazole rings is 1. The minimum atomic E-state index is -3.57. The molecular weight excluding hydrogens is 442 g/mol. The summed E-state index contributed by atoms with van der Waals surface area (Å²) in [7, 11) is -1.72. The van der Waals surface area contributed by atoms with Gasteiger partial charge in [0, 0.05) is 51.3 Å². The highest BCUT2D eigenvalue weighted by Gasteiger charge is 2.22. The third-order valence-corrected chi connectivity index (χ3v) is 7.40. The molecule has 0 atom stereocenters. The molecule has 33 heavy (non-hydrogen) atoms. The molecule has 0 aliphatic heterocycles. The molecule has 3 aromatic rings. The number of anilines is 2. The summed E-state index contributed by atoms with van der Waals surface area (Å²) in [4.78, 5) is 28.3. The molecule has 0 radical (unpaired) electrons. The Labute approximate surface area is 193 Å². The van der Waals surface area contributed by atoms with E-state index >= 15 is 0 Å². The molecule has 0 aliphatic carbocycles. The van der Waals surface area contributed by atoms with Gasteiger partial charge in [-0.15, -0.1) is 0 Å². The maximum atomic E-state index is 12.8. The van der Waals surface area contributed by atoms with Crippen LogP contribution in [0, 0.1) is 0 Å². The fourth-order valence-electron chi connectivity index (χ4n) is 3.62. The van der Waals surface area contributed by atoms with Gasteiger partial charge in [-0.05, 0) is 42.5 Å². The summed E-state index contributed by atoms with van der Waals surface area (Å²) in [6, 6.07) is 11.8. The Balaban J connectivity index is 1.70. The van der Waals surface area contributed by atoms with Crippen LogP contribution >= 0.6 is 0 Å². The van der Waals surface area contributed by atoms with Crippen LogP contribution in [0.25, 0.3) is 11.0 Å². The fourth-order valence-corrected chi connectivity index (χ4v) is 5.09. The normalized spacial score (nSPS) is 11.7. The Morgan fingerprint density at radius 2 is 1.61 bits per heavy atom. The second-order valence-corrected chi connectivity index (χ2v) is 9.57. The number of aromatic nitrogens is 2. The van der Waals surface area contributed by atoms with Gasteiger partial charge in [-0.1, -0.05) is 13.8 Å². The number of sulfonamides is 1. The van der Waals surface area contributed by atoms with Crippen LogP contribution < -0.4 is 10.6 Å². The molecule has 3 rings (SSSR count). The van der Waals surface area contributed by atoms with Crippen LogP contribution in [-0.4, -0.2) is 47.2 Å². The van der Waals surface area contributed by atoms with Crippen molar-refractivity contribution in [3.05, 3.63) is 48.3 Å². The van der Waals surface area contributed by atoms with Crippen molar-refractivity contribution in [1.82, 2.24) is 13.9 Å². The Hall–Kier alpha value is -3.24. The van der Waals surface area contributed by atoms with Crippen molar-refractivity contribution in [3.63, 3.8) is 0 Å². The molecule has 2 aromatic carbocycles. The average Bonchev–Trinajstić information content (AvgIpc) is 3.09. The van der Waals surface area contributed by atoms with Gasteiger partial charge < -0.3 is 15.2 Å². The third-order valence-electron chi connectivity index (χ3n) is 5.35. The monoisotopic (exact) mass is 471 g/mol. The van der Waals surface area contributed by atoms with Gasteiger partial charge in [0.1, 0.15) is 5.82 Å². The highest BCUT2D eigenvalue weighted by atomic mass is 32.2. The minimum absolute atomic E-state index is 0.160. The zero-order valence-electron chi connectivity index (χ0n) is 19.3. The highest BCUT2D eigenvalue weighted by molar-refractivity contribution is 7.89. The van der Waals surface area contributed by atoms with Gasteiger partial charge in [0.25, 0.3) is 0 Å². The topological polar surface area (TPSA) is 113 Å². The largest absolute Gasteiger partial charge is 0.331 e. The number of carbonyl (C=O) groups excluding carboxylic acids is 2. The molecular formula is C23H29N5O4S. The maximum absolute atomic E-state index is 12.8. The molecule has 2 amide bonds. The SMILES string of the molecule is CCN(CC)S(=O)(=O)c1ccc2c(c1)nc(CCC(=O)Nc1ccc(NC(C)=O)cc1)n2C. The molecule has 0 spiro atoms. The van der Waals surface area contributed by atoms with Crippen molar-refractivity contribution in [2.75, 3.05) is 23.7 Å². The van der Waals surface area contributed by atoms with Crippen LogP contribution in [0.4, 0.5) is 11.4 Å². The molecule has 0 aliphatic rings. The number of aryl methyl sites for hydroxylation is 2. The zero-order valence-corrected chi connectivity index (χ0v) is 20.1. The number of rotatable bonds is 9. The lowest BCUT2D eigenvalue weighted by Crippen LogP contribution is -2.30. The molecule has 10 heteroatoms. The first-order chi connectivity index (χ1) is 15.6. The van der Waals surface area contributed by atoms with Gasteiger partial charge >= 0.3 is 0 Å². The van der Waals surface area contributed by atoms with Gasteiger partial charge in [0.15, 0.2) is 0 Å².